The Kier molecular flexibility index (Phi) is 5.96. The Morgan fingerprint density at radius 1 is 1.24 bits per heavy atom. The fourth-order valence-electron chi connectivity index (χ4n) is 4.05. The van der Waals surface area contributed by atoms with Gasteiger partial charge in [-0.15, -0.1) is 21.5 Å². The fourth-order valence-corrected chi connectivity index (χ4v) is 5.70. The number of thioether (sulfide) groups is 1. The van der Waals surface area contributed by atoms with Crippen LogP contribution in [0.2, 0.25) is 0 Å². The standard InChI is InChI=1S/C20H27N5O2S2/c1-20(2)17(26)24(18(27)21-20)10-12-29-19-23-22-16(13-15-9-6-11-28-15)25(19)14-7-4-3-5-8-14/h6,9,11,14H,3-5,7-8,10,12-13H2,1-2H3,(H,21,27). The van der Waals surface area contributed by atoms with Crippen LogP contribution in [0.1, 0.15) is 62.7 Å². The van der Waals surface area contributed by atoms with E-state index in [1.165, 1.54) is 29.0 Å². The summed E-state index contributed by atoms with van der Waals surface area (Å²) in [6.07, 6.45) is 6.88. The number of thiophene rings is 1. The van der Waals surface area contributed by atoms with Crippen LogP contribution in [0.3, 0.4) is 0 Å². The summed E-state index contributed by atoms with van der Waals surface area (Å²) in [4.78, 5) is 27.1. The minimum Gasteiger partial charge on any atom is -0.324 e. The Hall–Kier alpha value is -1.87. The van der Waals surface area contributed by atoms with E-state index in [9.17, 15) is 9.59 Å². The monoisotopic (exact) mass is 433 g/mol. The Labute approximate surface area is 179 Å². The first-order valence-corrected chi connectivity index (χ1v) is 12.1. The fraction of sp³-hybridized carbons (Fsp3) is 0.600. The Bertz CT molecular complexity index is 872. The van der Waals surface area contributed by atoms with Crippen molar-refractivity contribution in [2.24, 2.45) is 0 Å². The van der Waals surface area contributed by atoms with Crippen molar-refractivity contribution in [1.29, 1.82) is 0 Å². The van der Waals surface area contributed by atoms with Gasteiger partial charge in [0.25, 0.3) is 5.91 Å². The summed E-state index contributed by atoms with van der Waals surface area (Å²) in [5.41, 5.74) is -0.822. The largest absolute Gasteiger partial charge is 0.325 e. The number of imide groups is 1. The van der Waals surface area contributed by atoms with Crippen molar-refractivity contribution < 1.29 is 9.59 Å². The van der Waals surface area contributed by atoms with Crippen molar-refractivity contribution in [2.75, 3.05) is 12.3 Å². The van der Waals surface area contributed by atoms with Crippen molar-refractivity contribution in [2.45, 2.75) is 69.1 Å². The number of urea groups is 1. The van der Waals surface area contributed by atoms with Crippen LogP contribution in [-0.2, 0) is 11.2 Å². The van der Waals surface area contributed by atoms with Crippen LogP contribution >= 0.6 is 23.1 Å². The van der Waals surface area contributed by atoms with Crippen molar-refractivity contribution in [3.05, 3.63) is 28.2 Å². The first kappa shape index (κ1) is 20.4. The van der Waals surface area contributed by atoms with Gasteiger partial charge >= 0.3 is 6.03 Å². The van der Waals surface area contributed by atoms with Gasteiger partial charge in [0.05, 0.1) is 0 Å². The second-order valence-corrected chi connectivity index (χ2v) is 10.3. The minimum atomic E-state index is -0.822. The molecule has 9 heteroatoms. The number of carbonyl (C=O) groups is 2. The molecule has 2 aromatic rings. The van der Waals surface area contributed by atoms with Gasteiger partial charge in [0.1, 0.15) is 11.4 Å². The molecule has 0 spiro atoms. The molecule has 2 fully saturated rings. The van der Waals surface area contributed by atoms with Crippen LogP contribution in [0.4, 0.5) is 4.79 Å². The average molecular weight is 434 g/mol. The third kappa shape index (κ3) is 4.35. The van der Waals surface area contributed by atoms with E-state index in [2.05, 4.69) is 37.6 Å². The maximum atomic E-state index is 12.4. The molecular weight excluding hydrogens is 406 g/mol. The maximum absolute atomic E-state index is 12.4. The molecule has 0 radical (unpaired) electrons. The molecule has 0 unspecified atom stereocenters. The molecule has 156 valence electrons. The molecular formula is C20H27N5O2S2. The summed E-state index contributed by atoms with van der Waals surface area (Å²) in [5.74, 6) is 1.45. The van der Waals surface area contributed by atoms with Gasteiger partial charge in [-0.3, -0.25) is 9.69 Å². The molecule has 1 saturated carbocycles. The molecule has 29 heavy (non-hydrogen) atoms. The van der Waals surface area contributed by atoms with E-state index in [1.54, 1.807) is 36.9 Å². The molecule has 1 saturated heterocycles. The zero-order valence-electron chi connectivity index (χ0n) is 16.9. The SMILES string of the molecule is CC1(C)NC(=O)N(CCSc2nnc(Cc3cccs3)n2C2CCCCC2)C1=O. The minimum absolute atomic E-state index is 0.171. The Morgan fingerprint density at radius 2 is 2.03 bits per heavy atom. The average Bonchev–Trinajstić information content (AvgIpc) is 3.39. The van der Waals surface area contributed by atoms with E-state index in [0.29, 0.717) is 18.3 Å². The lowest BCUT2D eigenvalue weighted by atomic mass is 9.95. The zero-order valence-corrected chi connectivity index (χ0v) is 18.5. The zero-order chi connectivity index (χ0) is 20.4. The highest BCUT2D eigenvalue weighted by Gasteiger charge is 2.43. The number of nitrogens with one attached hydrogen (secondary N) is 1. The number of carbonyl (C=O) groups excluding carboxylic acids is 2. The van der Waals surface area contributed by atoms with Crippen LogP contribution in [0.5, 0.6) is 0 Å². The summed E-state index contributed by atoms with van der Waals surface area (Å²) in [6, 6.07) is 4.33. The van der Waals surface area contributed by atoms with Crippen LogP contribution in [-0.4, -0.2) is 49.4 Å². The van der Waals surface area contributed by atoms with Crippen LogP contribution < -0.4 is 5.32 Å². The van der Waals surface area contributed by atoms with E-state index < -0.39 is 5.54 Å². The molecule has 3 heterocycles. The second kappa shape index (κ2) is 8.47. The number of hydrogen-bond acceptors (Lipinski definition) is 6. The number of nitrogens with zero attached hydrogens (tertiary/aromatic N) is 4. The summed E-state index contributed by atoms with van der Waals surface area (Å²) in [7, 11) is 0. The van der Waals surface area contributed by atoms with Gasteiger partial charge in [-0.2, -0.15) is 0 Å². The summed E-state index contributed by atoms with van der Waals surface area (Å²) in [6.45, 7) is 3.84. The van der Waals surface area contributed by atoms with Gasteiger partial charge in [0.15, 0.2) is 5.16 Å². The van der Waals surface area contributed by atoms with Crippen LogP contribution in [0.15, 0.2) is 22.7 Å². The van der Waals surface area contributed by atoms with Gasteiger partial charge in [0.2, 0.25) is 0 Å². The number of amides is 3. The highest BCUT2D eigenvalue weighted by Crippen LogP contribution is 2.33. The first-order chi connectivity index (χ1) is 14.0. The third-order valence-electron chi connectivity index (χ3n) is 5.58. The third-order valence-corrected chi connectivity index (χ3v) is 7.38. The molecule has 1 N–H and O–H groups in total. The highest BCUT2D eigenvalue weighted by atomic mass is 32.2. The number of rotatable bonds is 7. The van der Waals surface area contributed by atoms with Gasteiger partial charge in [-0.25, -0.2) is 4.79 Å². The summed E-state index contributed by atoms with van der Waals surface area (Å²) < 4.78 is 2.32. The van der Waals surface area contributed by atoms with Crippen molar-refractivity contribution in [1.82, 2.24) is 25.0 Å². The van der Waals surface area contributed by atoms with Gasteiger partial charge < -0.3 is 9.88 Å². The van der Waals surface area contributed by atoms with E-state index in [4.69, 9.17) is 0 Å². The molecule has 0 bridgehead atoms. The Balaban J connectivity index is 1.47. The highest BCUT2D eigenvalue weighted by molar-refractivity contribution is 7.99. The topological polar surface area (TPSA) is 80.1 Å². The second-order valence-electron chi connectivity index (χ2n) is 8.18. The normalized spacial score (nSPS) is 19.7. The van der Waals surface area contributed by atoms with Crippen LogP contribution in [0, 0.1) is 0 Å². The van der Waals surface area contributed by atoms with Crippen molar-refractivity contribution in [3.63, 3.8) is 0 Å². The predicted octanol–water partition coefficient (Wildman–Crippen LogP) is 3.86. The molecule has 2 aromatic heterocycles. The van der Waals surface area contributed by atoms with E-state index in [-0.39, 0.29) is 11.9 Å². The van der Waals surface area contributed by atoms with E-state index in [1.807, 2.05) is 0 Å². The molecule has 1 aliphatic carbocycles. The molecule has 0 atom stereocenters. The lowest BCUT2D eigenvalue weighted by Gasteiger charge is -2.25. The van der Waals surface area contributed by atoms with Gasteiger partial charge in [-0.1, -0.05) is 37.1 Å². The van der Waals surface area contributed by atoms with Crippen molar-refractivity contribution in [3.8, 4) is 0 Å². The quantitative estimate of drug-likeness (QED) is 0.530. The van der Waals surface area contributed by atoms with Gasteiger partial charge in [0, 0.05) is 29.6 Å². The van der Waals surface area contributed by atoms with E-state index >= 15 is 0 Å². The molecule has 7 nitrogen and oxygen atoms in total. The smallest absolute Gasteiger partial charge is 0.324 e. The molecule has 0 aromatic carbocycles. The predicted molar refractivity (Wildman–Crippen MR) is 114 cm³/mol. The van der Waals surface area contributed by atoms with Crippen molar-refractivity contribution >= 4 is 35.0 Å². The molecule has 2 aliphatic rings. The lowest BCUT2D eigenvalue weighted by molar-refractivity contribution is -0.130. The Morgan fingerprint density at radius 3 is 2.69 bits per heavy atom. The van der Waals surface area contributed by atoms with E-state index in [0.717, 1.165) is 30.2 Å². The number of hydrogen-bond donors (Lipinski definition) is 1. The maximum Gasteiger partial charge on any atom is 0.325 e. The molecule has 4 rings (SSSR count). The summed E-state index contributed by atoms with van der Waals surface area (Å²) in [5, 5.41) is 14.7. The lowest BCUT2D eigenvalue weighted by Crippen LogP contribution is -2.40. The number of aromatic nitrogens is 3. The first-order valence-electron chi connectivity index (χ1n) is 10.2. The molecule has 3 amide bonds. The summed E-state index contributed by atoms with van der Waals surface area (Å²) >= 11 is 3.32. The molecule has 1 aliphatic heterocycles. The van der Waals surface area contributed by atoms with Gasteiger partial charge in [-0.05, 0) is 38.1 Å². The van der Waals surface area contributed by atoms with Crippen LogP contribution in [0.25, 0.3) is 0 Å².